The number of hydrogen-bond acceptors (Lipinski definition) is 3. The molecular weight excluding hydrogens is 328 g/mol. The highest BCUT2D eigenvalue weighted by atomic mass is 32.1. The molecule has 0 bridgehead atoms. The van der Waals surface area contributed by atoms with E-state index in [0.717, 1.165) is 30.6 Å². The van der Waals surface area contributed by atoms with Gasteiger partial charge in [-0.25, -0.2) is 0 Å². The standard InChI is InChI=1S/C21H24N2OS/c1-3-10-22-21(24)14-7-8-18-17(12-14)15-5-4-6-16(15)19(23-18)20-13(2)9-11-25-20/h4-5,7-9,11-12,15-16,19,23H,3,6,10H2,1-2H3,(H,22,24). The minimum atomic E-state index is 0.0272. The van der Waals surface area contributed by atoms with E-state index in [0.29, 0.717) is 17.9 Å². The normalized spacial score (nSPS) is 23.7. The van der Waals surface area contributed by atoms with Crippen LogP contribution >= 0.6 is 11.3 Å². The van der Waals surface area contributed by atoms with E-state index < -0.39 is 0 Å². The van der Waals surface area contributed by atoms with Crippen molar-refractivity contribution < 1.29 is 4.79 Å². The van der Waals surface area contributed by atoms with Crippen molar-refractivity contribution in [1.29, 1.82) is 0 Å². The Kier molecular flexibility index (Phi) is 4.38. The molecule has 2 aromatic rings. The van der Waals surface area contributed by atoms with Crippen molar-refractivity contribution in [3.8, 4) is 0 Å². The van der Waals surface area contributed by atoms with Crippen LogP contribution in [-0.2, 0) is 0 Å². The summed E-state index contributed by atoms with van der Waals surface area (Å²) in [5.41, 5.74) is 4.55. The summed E-state index contributed by atoms with van der Waals surface area (Å²) in [6, 6.07) is 8.66. The molecule has 130 valence electrons. The summed E-state index contributed by atoms with van der Waals surface area (Å²) in [4.78, 5) is 13.8. The molecule has 3 nitrogen and oxygen atoms in total. The number of benzene rings is 1. The second kappa shape index (κ2) is 6.68. The van der Waals surface area contributed by atoms with Gasteiger partial charge in [0.2, 0.25) is 0 Å². The van der Waals surface area contributed by atoms with Crippen LogP contribution in [0.4, 0.5) is 5.69 Å². The SMILES string of the molecule is CCCNC(=O)c1ccc2c(c1)C1C=CCC1C(c1sccc1C)N2. The fourth-order valence-corrected chi connectivity index (χ4v) is 5.09. The van der Waals surface area contributed by atoms with Gasteiger partial charge in [-0.15, -0.1) is 11.3 Å². The van der Waals surface area contributed by atoms with E-state index in [1.165, 1.54) is 16.0 Å². The Morgan fingerprint density at radius 3 is 3.00 bits per heavy atom. The number of thiophene rings is 1. The van der Waals surface area contributed by atoms with Crippen molar-refractivity contribution in [1.82, 2.24) is 5.32 Å². The van der Waals surface area contributed by atoms with Crippen molar-refractivity contribution >= 4 is 22.9 Å². The van der Waals surface area contributed by atoms with Gasteiger partial charge in [-0.3, -0.25) is 4.79 Å². The molecule has 0 saturated carbocycles. The number of aryl methyl sites for hydroxylation is 1. The molecule has 0 fully saturated rings. The molecule has 3 atom stereocenters. The molecule has 2 aliphatic rings. The fourth-order valence-electron chi connectivity index (χ4n) is 4.04. The van der Waals surface area contributed by atoms with E-state index in [1.807, 2.05) is 17.4 Å². The highest BCUT2D eigenvalue weighted by molar-refractivity contribution is 7.10. The van der Waals surface area contributed by atoms with Crippen LogP contribution < -0.4 is 10.6 Å². The number of carbonyl (C=O) groups excluding carboxylic acids is 1. The van der Waals surface area contributed by atoms with Crippen molar-refractivity contribution in [2.75, 3.05) is 11.9 Å². The fraction of sp³-hybridized carbons (Fsp3) is 0.381. The number of hydrogen-bond donors (Lipinski definition) is 2. The molecule has 0 spiro atoms. The predicted molar refractivity (Wildman–Crippen MR) is 104 cm³/mol. The van der Waals surface area contributed by atoms with E-state index in [-0.39, 0.29) is 5.91 Å². The van der Waals surface area contributed by atoms with Crippen LogP contribution in [0.2, 0.25) is 0 Å². The third-order valence-electron chi connectivity index (χ3n) is 5.34. The summed E-state index contributed by atoms with van der Waals surface area (Å²) in [7, 11) is 0. The Bertz CT molecular complexity index is 823. The zero-order chi connectivity index (χ0) is 17.4. The van der Waals surface area contributed by atoms with Gasteiger partial charge < -0.3 is 10.6 Å². The summed E-state index contributed by atoms with van der Waals surface area (Å²) in [6.45, 7) is 4.99. The van der Waals surface area contributed by atoms with Crippen molar-refractivity contribution in [3.05, 3.63) is 63.4 Å². The lowest BCUT2D eigenvalue weighted by atomic mass is 9.78. The van der Waals surface area contributed by atoms with E-state index in [4.69, 9.17) is 0 Å². The highest BCUT2D eigenvalue weighted by Crippen LogP contribution is 2.51. The second-order valence-corrected chi connectivity index (χ2v) is 7.95. The second-order valence-electron chi connectivity index (χ2n) is 7.00. The van der Waals surface area contributed by atoms with E-state index in [2.05, 4.69) is 60.2 Å². The lowest BCUT2D eigenvalue weighted by molar-refractivity contribution is 0.0953. The van der Waals surface area contributed by atoms with Crippen LogP contribution in [0, 0.1) is 12.8 Å². The molecule has 2 N–H and O–H groups in total. The van der Waals surface area contributed by atoms with Gasteiger partial charge in [0.25, 0.3) is 5.91 Å². The minimum absolute atomic E-state index is 0.0272. The van der Waals surface area contributed by atoms with Gasteiger partial charge in [0.1, 0.15) is 0 Å². The summed E-state index contributed by atoms with van der Waals surface area (Å²) < 4.78 is 0. The summed E-state index contributed by atoms with van der Waals surface area (Å²) in [6.07, 6.45) is 6.67. The van der Waals surface area contributed by atoms with Gasteiger partial charge in [0, 0.05) is 28.6 Å². The first-order chi connectivity index (χ1) is 12.2. The molecule has 1 aliphatic carbocycles. The summed E-state index contributed by atoms with van der Waals surface area (Å²) >= 11 is 1.84. The molecule has 4 rings (SSSR count). The van der Waals surface area contributed by atoms with Crippen molar-refractivity contribution in [3.63, 3.8) is 0 Å². The smallest absolute Gasteiger partial charge is 0.251 e. The molecule has 0 radical (unpaired) electrons. The summed E-state index contributed by atoms with van der Waals surface area (Å²) in [5.74, 6) is 0.944. The topological polar surface area (TPSA) is 41.1 Å². The van der Waals surface area contributed by atoms with Gasteiger partial charge in [-0.1, -0.05) is 19.1 Å². The minimum Gasteiger partial charge on any atom is -0.377 e. The van der Waals surface area contributed by atoms with Gasteiger partial charge in [0.15, 0.2) is 0 Å². The van der Waals surface area contributed by atoms with Crippen LogP contribution in [0.3, 0.4) is 0 Å². The zero-order valence-corrected chi connectivity index (χ0v) is 15.5. The monoisotopic (exact) mass is 352 g/mol. The van der Waals surface area contributed by atoms with Crippen molar-refractivity contribution in [2.45, 2.75) is 38.6 Å². The number of anilines is 1. The summed E-state index contributed by atoms with van der Waals surface area (Å²) in [5, 5.41) is 8.92. The Morgan fingerprint density at radius 1 is 1.36 bits per heavy atom. The maximum absolute atomic E-state index is 12.3. The number of fused-ring (bicyclic) bond motifs is 3. The molecule has 25 heavy (non-hydrogen) atoms. The van der Waals surface area contributed by atoms with Gasteiger partial charge >= 0.3 is 0 Å². The average Bonchev–Trinajstić information content (AvgIpc) is 3.27. The Balaban J connectivity index is 1.68. The molecule has 4 heteroatoms. The molecule has 1 amide bonds. The molecule has 1 aliphatic heterocycles. The number of allylic oxidation sites excluding steroid dienone is 2. The van der Waals surface area contributed by atoms with Crippen LogP contribution in [0.15, 0.2) is 41.8 Å². The lowest BCUT2D eigenvalue weighted by Gasteiger charge is -2.37. The largest absolute Gasteiger partial charge is 0.377 e. The number of amides is 1. The van der Waals surface area contributed by atoms with Gasteiger partial charge in [-0.2, -0.15) is 0 Å². The van der Waals surface area contributed by atoms with Crippen LogP contribution in [0.5, 0.6) is 0 Å². The van der Waals surface area contributed by atoms with E-state index in [9.17, 15) is 4.79 Å². The zero-order valence-electron chi connectivity index (χ0n) is 14.7. The third kappa shape index (κ3) is 2.89. The van der Waals surface area contributed by atoms with Gasteiger partial charge in [0.05, 0.1) is 6.04 Å². The molecule has 0 saturated heterocycles. The first-order valence-corrected chi connectivity index (χ1v) is 9.96. The first-order valence-electron chi connectivity index (χ1n) is 9.08. The molecule has 1 aromatic carbocycles. The Hall–Kier alpha value is -2.07. The predicted octanol–water partition coefficient (Wildman–Crippen LogP) is 5.02. The quantitative estimate of drug-likeness (QED) is 0.758. The van der Waals surface area contributed by atoms with Crippen LogP contribution in [0.25, 0.3) is 0 Å². The Labute approximate surface area is 153 Å². The average molecular weight is 353 g/mol. The van der Waals surface area contributed by atoms with E-state index in [1.54, 1.807) is 0 Å². The van der Waals surface area contributed by atoms with Crippen molar-refractivity contribution in [2.24, 2.45) is 5.92 Å². The van der Waals surface area contributed by atoms with Crippen LogP contribution in [0.1, 0.15) is 58.1 Å². The first kappa shape index (κ1) is 16.4. The molecule has 3 unspecified atom stereocenters. The maximum Gasteiger partial charge on any atom is 0.251 e. The van der Waals surface area contributed by atoms with E-state index >= 15 is 0 Å². The number of carbonyl (C=O) groups is 1. The van der Waals surface area contributed by atoms with Crippen LogP contribution in [-0.4, -0.2) is 12.5 Å². The Morgan fingerprint density at radius 2 is 2.24 bits per heavy atom. The number of nitrogens with one attached hydrogen (secondary N) is 2. The lowest BCUT2D eigenvalue weighted by Crippen LogP contribution is -2.30. The van der Waals surface area contributed by atoms with Gasteiger partial charge in [-0.05, 0) is 66.5 Å². The number of rotatable bonds is 4. The maximum atomic E-state index is 12.3. The third-order valence-corrected chi connectivity index (χ3v) is 6.45. The molecule has 1 aromatic heterocycles. The highest BCUT2D eigenvalue weighted by Gasteiger charge is 2.39. The molecule has 2 heterocycles. The molecular formula is C21H24N2OS.